The third-order valence-corrected chi connectivity index (χ3v) is 7.24. The molecule has 4 rings (SSSR count). The predicted octanol–water partition coefficient (Wildman–Crippen LogP) is 5.11. The van der Waals surface area contributed by atoms with Crippen molar-refractivity contribution in [3.63, 3.8) is 0 Å². The van der Waals surface area contributed by atoms with E-state index in [0.29, 0.717) is 11.0 Å². The van der Waals surface area contributed by atoms with Crippen LogP contribution in [0.2, 0.25) is 5.02 Å². The number of fused-ring (bicyclic) bond motifs is 1. The van der Waals surface area contributed by atoms with Crippen molar-refractivity contribution in [1.82, 2.24) is 0 Å². The van der Waals surface area contributed by atoms with Gasteiger partial charge < -0.3 is 4.42 Å². The molecule has 1 heterocycles. The van der Waals surface area contributed by atoms with Gasteiger partial charge in [-0.2, -0.15) is 8.42 Å². The van der Waals surface area contributed by atoms with E-state index in [4.69, 9.17) is 16.0 Å². The highest BCUT2D eigenvalue weighted by molar-refractivity contribution is 7.93. The molecule has 0 aliphatic rings. The quantitative estimate of drug-likeness (QED) is 0.347. The Morgan fingerprint density at radius 2 is 1.39 bits per heavy atom. The number of rotatable bonds is 6. The highest BCUT2D eigenvalue weighted by Gasteiger charge is 2.26. The van der Waals surface area contributed by atoms with E-state index in [0.717, 1.165) is 12.1 Å². The monoisotopic (exact) mass is 516 g/mol. The van der Waals surface area contributed by atoms with Gasteiger partial charge in [-0.25, -0.2) is 21.6 Å². The SMILES string of the molecule is O=S(=O)(Nc1cc(Cl)ccc1NS(=O)(=O)c1cc(F)c(F)cc1F)c1cc2ccccc2o1. The van der Waals surface area contributed by atoms with Crippen LogP contribution in [-0.2, 0) is 20.0 Å². The molecule has 13 heteroatoms. The lowest BCUT2D eigenvalue weighted by Crippen LogP contribution is -2.18. The van der Waals surface area contributed by atoms with Gasteiger partial charge in [-0.3, -0.25) is 9.44 Å². The molecule has 3 aromatic carbocycles. The molecule has 0 fully saturated rings. The summed E-state index contributed by atoms with van der Waals surface area (Å²) in [6, 6.07) is 11.5. The maximum absolute atomic E-state index is 14.0. The number of sulfonamides is 2. The van der Waals surface area contributed by atoms with Crippen LogP contribution in [0.4, 0.5) is 24.5 Å². The van der Waals surface area contributed by atoms with E-state index >= 15 is 0 Å². The first-order valence-electron chi connectivity index (χ1n) is 8.94. The van der Waals surface area contributed by atoms with Crippen molar-refractivity contribution < 1.29 is 34.4 Å². The van der Waals surface area contributed by atoms with Crippen LogP contribution in [0.1, 0.15) is 0 Å². The van der Waals surface area contributed by atoms with Gasteiger partial charge in [-0.05, 0) is 24.3 Å². The molecule has 0 aliphatic carbocycles. The smallest absolute Gasteiger partial charge is 0.295 e. The van der Waals surface area contributed by atoms with Crippen molar-refractivity contribution in [3.05, 3.63) is 83.1 Å². The van der Waals surface area contributed by atoms with Crippen molar-refractivity contribution in [2.24, 2.45) is 0 Å². The van der Waals surface area contributed by atoms with Crippen molar-refractivity contribution in [2.45, 2.75) is 9.99 Å². The number of para-hydroxylation sites is 1. The van der Waals surface area contributed by atoms with E-state index in [-0.39, 0.29) is 28.5 Å². The fourth-order valence-corrected chi connectivity index (χ4v) is 5.25. The Hall–Kier alpha value is -3.22. The van der Waals surface area contributed by atoms with E-state index in [1.807, 2.05) is 4.72 Å². The van der Waals surface area contributed by atoms with Gasteiger partial charge in [0.2, 0.25) is 5.09 Å². The van der Waals surface area contributed by atoms with E-state index in [9.17, 15) is 30.0 Å². The summed E-state index contributed by atoms with van der Waals surface area (Å²) in [4.78, 5) is -1.18. The molecule has 0 bridgehead atoms. The van der Waals surface area contributed by atoms with Gasteiger partial charge >= 0.3 is 0 Å². The molecule has 1 aromatic heterocycles. The van der Waals surface area contributed by atoms with Gasteiger partial charge in [-0.1, -0.05) is 29.8 Å². The molecular weight excluding hydrogens is 505 g/mol. The lowest BCUT2D eigenvalue weighted by Gasteiger charge is -2.15. The minimum Gasteiger partial charge on any atom is -0.443 e. The standard InChI is InChI=1S/C20H12ClF3N2O5S2/c21-12-5-6-16(25-32(27,28)19-10-14(23)13(22)9-15(19)24)17(8-12)26-33(29,30)20-7-11-3-1-2-4-18(11)31-20/h1-10,25-26H. The maximum Gasteiger partial charge on any atom is 0.295 e. The number of hydrogen-bond donors (Lipinski definition) is 2. The van der Waals surface area contributed by atoms with Crippen LogP contribution in [0.25, 0.3) is 11.0 Å². The summed E-state index contributed by atoms with van der Waals surface area (Å²) in [6.07, 6.45) is 0. The van der Waals surface area contributed by atoms with E-state index in [1.54, 1.807) is 24.3 Å². The lowest BCUT2D eigenvalue weighted by atomic mass is 10.3. The molecule has 33 heavy (non-hydrogen) atoms. The first-order chi connectivity index (χ1) is 15.5. The Morgan fingerprint density at radius 1 is 0.727 bits per heavy atom. The van der Waals surface area contributed by atoms with Crippen molar-refractivity contribution in [3.8, 4) is 0 Å². The number of furan rings is 1. The summed E-state index contributed by atoms with van der Waals surface area (Å²) < 4.78 is 101. The average Bonchev–Trinajstić information content (AvgIpc) is 3.18. The zero-order valence-electron chi connectivity index (χ0n) is 16.1. The zero-order chi connectivity index (χ0) is 24.0. The molecule has 0 saturated heterocycles. The van der Waals surface area contributed by atoms with Crippen molar-refractivity contribution >= 4 is 54.0 Å². The van der Waals surface area contributed by atoms with Crippen molar-refractivity contribution in [1.29, 1.82) is 0 Å². The molecule has 0 amide bonds. The molecule has 0 atom stereocenters. The molecule has 7 nitrogen and oxygen atoms in total. The summed E-state index contributed by atoms with van der Waals surface area (Å²) in [5.41, 5.74) is -0.378. The van der Waals surface area contributed by atoms with Gasteiger partial charge in [0, 0.05) is 28.6 Å². The van der Waals surface area contributed by atoms with E-state index in [1.165, 1.54) is 12.1 Å². The molecular formula is C20H12ClF3N2O5S2. The summed E-state index contributed by atoms with van der Waals surface area (Å²) in [5, 5.41) is 0.0992. The van der Waals surface area contributed by atoms with Crippen LogP contribution >= 0.6 is 11.6 Å². The largest absolute Gasteiger partial charge is 0.443 e. The number of hydrogen-bond acceptors (Lipinski definition) is 5. The van der Waals surface area contributed by atoms with Crippen LogP contribution in [-0.4, -0.2) is 16.8 Å². The number of anilines is 2. The molecule has 2 N–H and O–H groups in total. The number of benzene rings is 3. The van der Waals surface area contributed by atoms with Crippen LogP contribution in [0.5, 0.6) is 0 Å². The second kappa shape index (κ2) is 8.28. The highest BCUT2D eigenvalue weighted by Crippen LogP contribution is 2.32. The predicted molar refractivity (Wildman–Crippen MR) is 116 cm³/mol. The Kier molecular flexibility index (Phi) is 5.76. The first-order valence-corrected chi connectivity index (χ1v) is 12.3. The third kappa shape index (κ3) is 4.63. The molecule has 172 valence electrons. The number of nitrogens with one attached hydrogen (secondary N) is 2. The average molecular weight is 517 g/mol. The van der Waals surface area contributed by atoms with Crippen molar-refractivity contribution in [2.75, 3.05) is 9.44 Å². The third-order valence-electron chi connectivity index (χ3n) is 4.40. The van der Waals surface area contributed by atoms with E-state index in [2.05, 4.69) is 4.72 Å². The Bertz CT molecular complexity index is 1570. The minimum atomic E-state index is -4.79. The van der Waals surface area contributed by atoms with Crippen LogP contribution in [0, 0.1) is 17.5 Å². The van der Waals surface area contributed by atoms with E-state index < -0.39 is 47.5 Å². The highest BCUT2D eigenvalue weighted by atomic mass is 35.5. The molecule has 0 radical (unpaired) electrons. The number of halogens is 4. The fraction of sp³-hybridized carbons (Fsp3) is 0. The lowest BCUT2D eigenvalue weighted by molar-refractivity contribution is 0.482. The van der Waals surface area contributed by atoms with Gasteiger partial charge in [0.15, 0.2) is 11.6 Å². The topological polar surface area (TPSA) is 105 Å². The maximum atomic E-state index is 14.0. The van der Waals surface area contributed by atoms with Gasteiger partial charge in [0.1, 0.15) is 16.3 Å². The zero-order valence-corrected chi connectivity index (χ0v) is 18.5. The molecule has 0 unspecified atom stereocenters. The Morgan fingerprint density at radius 3 is 2.12 bits per heavy atom. The Labute approximate surface area is 190 Å². The molecule has 4 aromatic rings. The second-order valence-corrected chi connectivity index (χ2v) is 10.4. The van der Waals surface area contributed by atoms with Crippen LogP contribution < -0.4 is 9.44 Å². The summed E-state index contributed by atoms with van der Waals surface area (Å²) in [6.45, 7) is 0. The van der Waals surface area contributed by atoms with Gasteiger partial charge in [-0.15, -0.1) is 0 Å². The van der Waals surface area contributed by atoms with Gasteiger partial charge in [0.25, 0.3) is 20.0 Å². The second-order valence-electron chi connectivity index (χ2n) is 6.70. The molecule has 0 aliphatic heterocycles. The van der Waals surface area contributed by atoms with Crippen LogP contribution in [0.15, 0.2) is 75.1 Å². The molecule has 0 saturated carbocycles. The fourth-order valence-electron chi connectivity index (χ4n) is 2.88. The minimum absolute atomic E-state index is 0.0410. The van der Waals surface area contributed by atoms with Crippen LogP contribution in [0.3, 0.4) is 0 Å². The Balaban J connectivity index is 1.72. The normalized spacial score (nSPS) is 12.1. The first kappa shape index (κ1) is 23.0. The summed E-state index contributed by atoms with van der Waals surface area (Å²) in [7, 11) is -9.14. The van der Waals surface area contributed by atoms with Gasteiger partial charge in [0.05, 0.1) is 11.4 Å². The summed E-state index contributed by atoms with van der Waals surface area (Å²) >= 11 is 5.92. The molecule has 0 spiro atoms. The summed E-state index contributed by atoms with van der Waals surface area (Å²) in [5.74, 6) is -4.70.